The smallest absolute Gasteiger partial charge is 0.160 e. The van der Waals surface area contributed by atoms with Crippen LogP contribution in [0.25, 0.3) is 11.0 Å². The molecule has 0 saturated carbocycles. The largest absolute Gasteiger partial charge is 0.357 e. The van der Waals surface area contributed by atoms with Gasteiger partial charge in [-0.3, -0.25) is 0 Å². The normalized spacial score (nSPS) is 21.2. The summed E-state index contributed by atoms with van der Waals surface area (Å²) >= 11 is 0. The van der Waals surface area contributed by atoms with E-state index in [2.05, 4.69) is 53.5 Å². The maximum Gasteiger partial charge on any atom is 0.160 e. The van der Waals surface area contributed by atoms with Gasteiger partial charge >= 0.3 is 0 Å². The molecule has 0 atom stereocenters. The molecule has 0 unspecified atom stereocenters. The topological polar surface area (TPSA) is 37.2 Å². The summed E-state index contributed by atoms with van der Waals surface area (Å²) < 4.78 is 2.05. The Balaban J connectivity index is 1.48. The fourth-order valence-corrected chi connectivity index (χ4v) is 4.80. The maximum atomic E-state index is 5.01. The molecule has 0 bridgehead atoms. The highest BCUT2D eigenvalue weighted by Gasteiger charge is 2.29. The van der Waals surface area contributed by atoms with E-state index in [0.29, 0.717) is 6.04 Å². The highest BCUT2D eigenvalue weighted by Crippen LogP contribution is 2.34. The molecule has 2 aliphatic rings. The molecule has 0 N–H and O–H groups in total. The number of hydrogen-bond acceptors (Lipinski definition) is 4. The van der Waals surface area contributed by atoms with Gasteiger partial charge in [0, 0.05) is 24.5 Å². The van der Waals surface area contributed by atoms with Gasteiger partial charge in [-0.1, -0.05) is 0 Å². The van der Waals surface area contributed by atoms with Crippen molar-refractivity contribution in [2.45, 2.75) is 52.5 Å². The number of fused-ring (bicyclic) bond motifs is 1. The van der Waals surface area contributed by atoms with Gasteiger partial charge in [0.15, 0.2) is 5.65 Å². The number of aryl methyl sites for hydroxylation is 1. The van der Waals surface area contributed by atoms with Crippen LogP contribution < -0.4 is 4.90 Å². The number of anilines is 1. The molecule has 0 radical (unpaired) electrons. The first-order chi connectivity index (χ1) is 12.5. The van der Waals surface area contributed by atoms with E-state index in [0.717, 1.165) is 36.4 Å². The van der Waals surface area contributed by atoms with E-state index in [9.17, 15) is 0 Å². The van der Waals surface area contributed by atoms with E-state index in [4.69, 9.17) is 4.98 Å². The molecule has 4 heterocycles. The Morgan fingerprint density at radius 1 is 1.00 bits per heavy atom. The minimum absolute atomic E-state index is 0.338. The highest BCUT2D eigenvalue weighted by molar-refractivity contribution is 5.80. The molecule has 0 spiro atoms. The Labute approximate surface area is 157 Å². The second-order valence-corrected chi connectivity index (χ2v) is 8.68. The van der Waals surface area contributed by atoms with Crippen LogP contribution in [0.5, 0.6) is 0 Å². The van der Waals surface area contributed by atoms with Crippen LogP contribution in [0, 0.1) is 18.8 Å². The molecule has 142 valence electrons. The van der Waals surface area contributed by atoms with Gasteiger partial charge in [0.05, 0.1) is 6.20 Å². The first kappa shape index (κ1) is 17.8. The van der Waals surface area contributed by atoms with Gasteiger partial charge in [-0.25, -0.2) is 9.67 Å². The minimum Gasteiger partial charge on any atom is -0.357 e. The molecule has 2 aromatic rings. The summed E-state index contributed by atoms with van der Waals surface area (Å²) in [7, 11) is 2.25. The van der Waals surface area contributed by atoms with E-state index in [1.54, 1.807) is 0 Å². The number of rotatable bonds is 3. The first-order valence-electron chi connectivity index (χ1n) is 10.3. The van der Waals surface area contributed by atoms with Crippen LogP contribution in [-0.4, -0.2) is 52.9 Å². The van der Waals surface area contributed by atoms with Gasteiger partial charge in [0.1, 0.15) is 5.82 Å². The molecule has 0 aromatic carbocycles. The van der Waals surface area contributed by atoms with Crippen LogP contribution in [0.4, 0.5) is 5.82 Å². The third-order valence-corrected chi connectivity index (χ3v) is 6.54. The zero-order chi connectivity index (χ0) is 18.3. The monoisotopic (exact) mass is 355 g/mol. The molecular weight excluding hydrogens is 322 g/mol. The van der Waals surface area contributed by atoms with Gasteiger partial charge in [-0.15, -0.1) is 0 Å². The van der Waals surface area contributed by atoms with Gasteiger partial charge in [0.2, 0.25) is 0 Å². The Hall–Kier alpha value is -1.62. The van der Waals surface area contributed by atoms with Gasteiger partial charge in [-0.2, -0.15) is 5.10 Å². The Morgan fingerprint density at radius 2 is 1.62 bits per heavy atom. The molecule has 2 aliphatic heterocycles. The third kappa shape index (κ3) is 3.34. The molecular formula is C21H33N5. The summed E-state index contributed by atoms with van der Waals surface area (Å²) in [5.74, 6) is 2.98. The van der Waals surface area contributed by atoms with Crippen LogP contribution >= 0.6 is 0 Å². The molecule has 5 nitrogen and oxygen atoms in total. The molecule has 0 amide bonds. The Bertz CT molecular complexity index is 749. The number of hydrogen-bond donors (Lipinski definition) is 0. The summed E-state index contributed by atoms with van der Waals surface area (Å²) in [4.78, 5) is 9.98. The van der Waals surface area contributed by atoms with E-state index >= 15 is 0 Å². The lowest BCUT2D eigenvalue weighted by Crippen LogP contribution is -2.40. The summed E-state index contributed by atoms with van der Waals surface area (Å²) in [5.41, 5.74) is 2.32. The molecule has 5 heteroatoms. The lowest BCUT2D eigenvalue weighted by atomic mass is 9.79. The van der Waals surface area contributed by atoms with E-state index in [-0.39, 0.29) is 0 Å². The van der Waals surface area contributed by atoms with E-state index < -0.39 is 0 Å². The lowest BCUT2D eigenvalue weighted by molar-refractivity contribution is 0.154. The maximum absolute atomic E-state index is 5.01. The van der Waals surface area contributed by atoms with Crippen molar-refractivity contribution in [1.29, 1.82) is 0 Å². The predicted octanol–water partition coefficient (Wildman–Crippen LogP) is 3.88. The van der Waals surface area contributed by atoms with Crippen molar-refractivity contribution in [3.8, 4) is 0 Å². The van der Waals surface area contributed by atoms with Crippen LogP contribution in [0.2, 0.25) is 0 Å². The van der Waals surface area contributed by atoms with Crippen molar-refractivity contribution in [3.63, 3.8) is 0 Å². The van der Waals surface area contributed by atoms with Crippen molar-refractivity contribution in [1.82, 2.24) is 19.7 Å². The highest BCUT2D eigenvalue weighted by atomic mass is 15.3. The van der Waals surface area contributed by atoms with Crippen LogP contribution in [-0.2, 0) is 0 Å². The molecule has 0 aliphatic carbocycles. The first-order valence-corrected chi connectivity index (χ1v) is 10.3. The second kappa shape index (κ2) is 7.18. The molecule has 26 heavy (non-hydrogen) atoms. The lowest BCUT2D eigenvalue weighted by Gasteiger charge is -2.39. The number of aromatic nitrogens is 3. The van der Waals surface area contributed by atoms with Gasteiger partial charge < -0.3 is 9.80 Å². The third-order valence-electron chi connectivity index (χ3n) is 6.54. The zero-order valence-corrected chi connectivity index (χ0v) is 16.8. The summed E-state index contributed by atoms with van der Waals surface area (Å²) in [5, 5.41) is 5.74. The summed E-state index contributed by atoms with van der Waals surface area (Å²) in [6.45, 7) is 11.4. The fraction of sp³-hybridized carbons (Fsp3) is 0.714. The van der Waals surface area contributed by atoms with Crippen molar-refractivity contribution < 1.29 is 0 Å². The standard InChI is InChI=1S/C21H33N5/c1-15(2)26-21-19(14-22-26)16(3)13-20(23-21)25-11-7-18(8-12-25)17-5-9-24(4)10-6-17/h13-15,17-18H,5-12H2,1-4H3. The van der Waals surface area contributed by atoms with Crippen molar-refractivity contribution >= 4 is 16.9 Å². The number of likely N-dealkylation sites (tertiary alicyclic amines) is 1. The van der Waals surface area contributed by atoms with Crippen molar-refractivity contribution in [2.24, 2.45) is 11.8 Å². The van der Waals surface area contributed by atoms with Crippen molar-refractivity contribution in [3.05, 3.63) is 17.8 Å². The zero-order valence-electron chi connectivity index (χ0n) is 16.8. The van der Waals surface area contributed by atoms with Crippen LogP contribution in [0.3, 0.4) is 0 Å². The second-order valence-electron chi connectivity index (χ2n) is 8.68. The van der Waals surface area contributed by atoms with Crippen LogP contribution in [0.1, 0.15) is 51.1 Å². The number of piperidine rings is 2. The molecule has 2 saturated heterocycles. The van der Waals surface area contributed by atoms with E-state index in [1.807, 2.05) is 6.20 Å². The van der Waals surface area contributed by atoms with Gasteiger partial charge in [0.25, 0.3) is 0 Å². The Kier molecular flexibility index (Phi) is 4.91. The summed E-state index contributed by atoms with van der Waals surface area (Å²) in [6.07, 6.45) is 7.37. The number of nitrogens with zero attached hydrogens (tertiary/aromatic N) is 5. The molecule has 2 aromatic heterocycles. The van der Waals surface area contributed by atoms with Gasteiger partial charge in [-0.05, 0) is 90.1 Å². The fourth-order valence-electron chi connectivity index (χ4n) is 4.80. The average Bonchev–Trinajstić information content (AvgIpc) is 3.07. The van der Waals surface area contributed by atoms with E-state index in [1.165, 1.54) is 49.7 Å². The minimum atomic E-state index is 0.338. The number of pyridine rings is 1. The predicted molar refractivity (Wildman–Crippen MR) is 108 cm³/mol. The quantitative estimate of drug-likeness (QED) is 0.837. The SMILES string of the molecule is Cc1cc(N2CCC(C3CCN(C)CC3)CC2)nc2c1cnn2C(C)C. The molecule has 2 fully saturated rings. The van der Waals surface area contributed by atoms with Crippen LogP contribution in [0.15, 0.2) is 12.3 Å². The van der Waals surface area contributed by atoms with Crippen molar-refractivity contribution in [2.75, 3.05) is 38.1 Å². The Morgan fingerprint density at radius 3 is 2.23 bits per heavy atom. The molecule has 4 rings (SSSR count). The average molecular weight is 356 g/mol. The summed E-state index contributed by atoms with van der Waals surface area (Å²) in [6, 6.07) is 2.59.